The minimum atomic E-state index is -4.31. The third-order valence-corrected chi connectivity index (χ3v) is 4.51. The molecule has 4 nitrogen and oxygen atoms in total. The predicted molar refractivity (Wildman–Crippen MR) is 77.4 cm³/mol. The van der Waals surface area contributed by atoms with Crippen molar-refractivity contribution < 1.29 is 24.0 Å². The van der Waals surface area contributed by atoms with Gasteiger partial charge >= 0.3 is 6.18 Å². The number of benzene rings is 1. The first-order valence-electron chi connectivity index (χ1n) is 7.25. The summed E-state index contributed by atoms with van der Waals surface area (Å²) in [6.45, 7) is 2.09. The second-order valence-corrected chi connectivity index (χ2v) is 5.89. The molecule has 1 aromatic carbocycles. The Balaban J connectivity index is 0.000000847. The highest BCUT2D eigenvalue weighted by Gasteiger charge is 2.42. The van der Waals surface area contributed by atoms with Crippen LogP contribution < -0.4 is 5.73 Å². The summed E-state index contributed by atoms with van der Waals surface area (Å²) in [5, 5.41) is 7.00. The first-order chi connectivity index (χ1) is 10.3. The van der Waals surface area contributed by atoms with Crippen molar-refractivity contribution in [2.24, 2.45) is 0 Å². The Hall–Kier alpha value is -1.15. The van der Waals surface area contributed by atoms with Crippen LogP contribution in [0.1, 0.15) is 17.5 Å². The maximum absolute atomic E-state index is 13.1. The molecule has 0 saturated carbocycles. The van der Waals surface area contributed by atoms with Crippen molar-refractivity contribution >= 4 is 5.69 Å². The van der Waals surface area contributed by atoms with E-state index in [9.17, 15) is 13.2 Å². The number of piperazine rings is 1. The number of hydrogen-bond acceptors (Lipinski definition) is 3. The van der Waals surface area contributed by atoms with Crippen LogP contribution >= 0.6 is 0 Å². The zero-order valence-electron chi connectivity index (χ0n) is 12.9. The van der Waals surface area contributed by atoms with Crippen LogP contribution in [0.5, 0.6) is 0 Å². The van der Waals surface area contributed by atoms with Gasteiger partial charge in [-0.3, -0.25) is 9.80 Å². The zero-order chi connectivity index (χ0) is 16.5. The van der Waals surface area contributed by atoms with Crippen LogP contribution in [0.3, 0.4) is 0 Å². The Morgan fingerprint density at radius 2 is 1.82 bits per heavy atom. The average molecular weight is 318 g/mol. The molecule has 3 aliphatic rings. The molecule has 2 bridgehead atoms. The normalized spacial score (nSPS) is 25.2. The van der Waals surface area contributed by atoms with Gasteiger partial charge in [0.15, 0.2) is 0 Å². The Bertz CT molecular complexity index is 509. The Labute approximate surface area is 128 Å². The highest BCUT2D eigenvalue weighted by molar-refractivity contribution is 5.40. The number of alkyl halides is 3. The second kappa shape index (κ2) is 6.54. The monoisotopic (exact) mass is 318 g/mol. The molecule has 0 radical (unpaired) electrons. The van der Waals surface area contributed by atoms with Gasteiger partial charge in [0.1, 0.15) is 5.69 Å². The summed E-state index contributed by atoms with van der Waals surface area (Å²) < 4.78 is 39.2. The number of rotatable bonds is 2. The highest BCUT2D eigenvalue weighted by Crippen LogP contribution is 2.35. The molecule has 3 heterocycles. The first-order valence-corrected chi connectivity index (χ1v) is 7.25. The van der Waals surface area contributed by atoms with Gasteiger partial charge in [-0.1, -0.05) is 6.07 Å². The lowest BCUT2D eigenvalue weighted by Gasteiger charge is -2.55. The average Bonchev–Trinajstić information content (AvgIpc) is 2.50. The Kier molecular flexibility index (Phi) is 5.11. The van der Waals surface area contributed by atoms with E-state index in [4.69, 9.17) is 5.11 Å². The molecule has 0 aliphatic carbocycles. The van der Waals surface area contributed by atoms with E-state index in [-0.39, 0.29) is 0 Å². The fraction of sp³-hybridized carbons (Fsp3) is 0.600. The summed E-state index contributed by atoms with van der Waals surface area (Å²) in [7, 11) is 3.09. The standard InChI is InChI=1S/C14H18F3N3.CH4O/c1-19-11-5-12(19)8-20(7-11)6-9-2-3-10(18)4-13(9)14(15,16)17;1-2/h2-4,11-12H,5-8,18H2,1H3;2H,1H3/p+1. The van der Waals surface area contributed by atoms with E-state index in [1.54, 1.807) is 12.1 Å². The minimum Gasteiger partial charge on any atom is -0.400 e. The molecule has 3 aliphatic heterocycles. The largest absolute Gasteiger partial charge is 0.416 e. The zero-order valence-corrected chi connectivity index (χ0v) is 12.9. The molecule has 3 fully saturated rings. The van der Waals surface area contributed by atoms with Gasteiger partial charge in [-0.05, 0) is 25.1 Å². The molecule has 4 rings (SSSR count). The maximum Gasteiger partial charge on any atom is 0.416 e. The number of nitrogens with zero attached hydrogens (tertiary/aromatic N) is 2. The summed E-state index contributed by atoms with van der Waals surface area (Å²) in [6.07, 6.45) is -3.13. The molecule has 4 N–H and O–H groups in total. The molecule has 124 valence electrons. The number of piperidine rings is 1. The molecule has 1 aromatic rings. The van der Waals surface area contributed by atoms with Crippen molar-refractivity contribution in [1.29, 1.82) is 0 Å². The van der Waals surface area contributed by atoms with Gasteiger partial charge in [0.2, 0.25) is 0 Å². The van der Waals surface area contributed by atoms with Crippen LogP contribution in [0.15, 0.2) is 18.2 Å². The number of likely N-dealkylation sites (N-methyl/N-ethyl adjacent to an activating group) is 1. The van der Waals surface area contributed by atoms with E-state index in [0.29, 0.717) is 29.9 Å². The Morgan fingerprint density at radius 3 is 2.32 bits per heavy atom. The van der Waals surface area contributed by atoms with Crippen LogP contribution in [0, 0.1) is 0 Å². The quantitative estimate of drug-likeness (QED) is 0.858. The van der Waals surface area contributed by atoms with Crippen LogP contribution in [0.4, 0.5) is 18.9 Å². The van der Waals surface area contributed by atoms with Crippen molar-refractivity contribution in [2.75, 3.05) is 27.2 Å². The molecule has 7 heteroatoms. The SMILES string of the molecule is CN1C2CC1CN(Cc1ccc([NH3+])cc1C(F)(F)F)C2.CO. The third kappa shape index (κ3) is 3.43. The summed E-state index contributed by atoms with van der Waals surface area (Å²) in [5.74, 6) is 0. The van der Waals surface area contributed by atoms with Crippen molar-refractivity contribution in [3.8, 4) is 0 Å². The van der Waals surface area contributed by atoms with E-state index in [0.717, 1.165) is 26.3 Å². The van der Waals surface area contributed by atoms with Crippen LogP contribution in [0.2, 0.25) is 0 Å². The number of aliphatic hydroxyl groups excluding tert-OH is 1. The van der Waals surface area contributed by atoms with Crippen molar-refractivity contribution in [3.05, 3.63) is 29.3 Å². The highest BCUT2D eigenvalue weighted by atomic mass is 19.4. The van der Waals surface area contributed by atoms with Gasteiger partial charge in [0.05, 0.1) is 5.56 Å². The minimum absolute atomic E-state index is 0.355. The number of fused-ring (bicyclic) bond motifs is 2. The van der Waals surface area contributed by atoms with Crippen LogP contribution in [0.25, 0.3) is 0 Å². The van der Waals surface area contributed by atoms with Gasteiger partial charge in [-0.2, -0.15) is 13.2 Å². The summed E-state index contributed by atoms with van der Waals surface area (Å²) in [5.41, 5.74) is 3.81. The van der Waals surface area contributed by atoms with E-state index in [1.807, 2.05) is 0 Å². The lowest BCUT2D eigenvalue weighted by Crippen LogP contribution is -2.66. The number of quaternary nitrogens is 1. The van der Waals surface area contributed by atoms with Gasteiger partial charge in [0.25, 0.3) is 0 Å². The fourth-order valence-corrected chi connectivity index (χ4v) is 3.28. The fourth-order valence-electron chi connectivity index (χ4n) is 3.28. The smallest absolute Gasteiger partial charge is 0.400 e. The molecule has 0 spiro atoms. The molecular weight excluding hydrogens is 295 g/mol. The lowest BCUT2D eigenvalue weighted by molar-refractivity contribution is -0.255. The summed E-state index contributed by atoms with van der Waals surface area (Å²) >= 11 is 0. The third-order valence-electron chi connectivity index (χ3n) is 4.51. The first kappa shape index (κ1) is 17.2. The maximum atomic E-state index is 13.1. The molecule has 2 atom stereocenters. The molecule has 2 unspecified atom stereocenters. The number of aliphatic hydroxyl groups is 1. The number of hydrogen-bond donors (Lipinski definition) is 2. The molecular formula is C15H23F3N3O+. The van der Waals surface area contributed by atoms with Crippen molar-refractivity contribution in [3.63, 3.8) is 0 Å². The summed E-state index contributed by atoms with van der Waals surface area (Å²) in [6, 6.07) is 5.38. The van der Waals surface area contributed by atoms with Gasteiger partial charge in [-0.15, -0.1) is 0 Å². The Morgan fingerprint density at radius 1 is 1.23 bits per heavy atom. The van der Waals surface area contributed by atoms with E-state index < -0.39 is 11.7 Å². The van der Waals surface area contributed by atoms with Gasteiger partial charge < -0.3 is 10.8 Å². The predicted octanol–water partition coefficient (Wildman–Crippen LogP) is 1.08. The topological polar surface area (TPSA) is 54.4 Å². The second-order valence-electron chi connectivity index (χ2n) is 5.89. The molecule has 0 amide bonds. The van der Waals surface area contributed by atoms with E-state index in [1.165, 1.54) is 6.42 Å². The number of halogens is 3. The van der Waals surface area contributed by atoms with E-state index >= 15 is 0 Å². The lowest BCUT2D eigenvalue weighted by atomic mass is 9.88. The van der Waals surface area contributed by atoms with Crippen molar-refractivity contribution in [2.45, 2.75) is 31.2 Å². The van der Waals surface area contributed by atoms with Crippen LogP contribution in [-0.2, 0) is 12.7 Å². The van der Waals surface area contributed by atoms with E-state index in [2.05, 4.69) is 22.6 Å². The van der Waals surface area contributed by atoms with Crippen LogP contribution in [-0.4, -0.2) is 54.2 Å². The van der Waals surface area contributed by atoms with Gasteiger partial charge in [0, 0.05) is 44.9 Å². The van der Waals surface area contributed by atoms with Crippen molar-refractivity contribution in [1.82, 2.24) is 9.80 Å². The summed E-state index contributed by atoms with van der Waals surface area (Å²) in [4.78, 5) is 4.45. The molecule has 3 saturated heterocycles. The molecule has 0 aromatic heterocycles. The molecule has 22 heavy (non-hydrogen) atoms. The van der Waals surface area contributed by atoms with Gasteiger partial charge in [-0.25, -0.2) is 0 Å².